The lowest BCUT2D eigenvalue weighted by Gasteiger charge is -2.39. The van der Waals surface area contributed by atoms with Crippen molar-refractivity contribution < 1.29 is 38.6 Å². The number of thiazole rings is 1. The second-order valence-corrected chi connectivity index (χ2v) is 16.1. The Morgan fingerprint density at radius 2 is 1.75 bits per heavy atom. The highest BCUT2D eigenvalue weighted by Gasteiger charge is 2.38. The molecule has 1 fully saturated rings. The molecule has 0 bridgehead atoms. The second-order valence-electron chi connectivity index (χ2n) is 15.2. The van der Waals surface area contributed by atoms with E-state index in [4.69, 9.17) is 9.47 Å². The summed E-state index contributed by atoms with van der Waals surface area (Å²) in [5.74, 6) is -2.72. The van der Waals surface area contributed by atoms with Crippen LogP contribution in [-0.2, 0) is 35.1 Å². The number of likely N-dealkylation sites (tertiary alicyclic amines) is 1. The molecule has 13 nitrogen and oxygen atoms in total. The second kappa shape index (κ2) is 22.6. The van der Waals surface area contributed by atoms with Crippen LogP contribution in [-0.4, -0.2) is 101 Å². The summed E-state index contributed by atoms with van der Waals surface area (Å²) in [4.78, 5) is 74.5. The van der Waals surface area contributed by atoms with Crippen molar-refractivity contribution in [2.45, 2.75) is 130 Å². The van der Waals surface area contributed by atoms with Gasteiger partial charge in [0.15, 0.2) is 6.73 Å². The molecule has 1 saturated heterocycles. The molecule has 0 radical (unpaired) electrons. The van der Waals surface area contributed by atoms with Crippen LogP contribution in [0.15, 0.2) is 35.7 Å². The molecule has 3 rings (SSSR count). The zero-order valence-corrected chi connectivity index (χ0v) is 34.7. The molecule has 55 heavy (non-hydrogen) atoms. The first-order valence-electron chi connectivity index (χ1n) is 19.7. The third-order valence-corrected chi connectivity index (χ3v) is 11.5. The Morgan fingerprint density at radius 1 is 1.04 bits per heavy atom. The van der Waals surface area contributed by atoms with Crippen LogP contribution in [0.25, 0.3) is 0 Å². The van der Waals surface area contributed by atoms with E-state index in [1.165, 1.54) is 12.0 Å². The van der Waals surface area contributed by atoms with E-state index in [1.54, 1.807) is 12.3 Å². The first-order valence-corrected chi connectivity index (χ1v) is 20.6. The zero-order valence-electron chi connectivity index (χ0n) is 33.9. The molecule has 0 saturated carbocycles. The van der Waals surface area contributed by atoms with Gasteiger partial charge in [0, 0.05) is 30.3 Å². The van der Waals surface area contributed by atoms with Crippen LogP contribution in [0.2, 0.25) is 0 Å². The van der Waals surface area contributed by atoms with Crippen molar-refractivity contribution in [2.75, 3.05) is 27.4 Å². The van der Waals surface area contributed by atoms with Crippen LogP contribution in [0.4, 0.5) is 0 Å². The number of hydrogen-bond acceptors (Lipinski definition) is 11. The summed E-state index contributed by atoms with van der Waals surface area (Å²) < 4.78 is 10.5. The molecule has 1 aliphatic rings. The Labute approximate surface area is 330 Å². The molecule has 306 valence electrons. The number of esters is 2. The molecule has 7 atom stereocenters. The quantitative estimate of drug-likeness (QED) is 0.112. The maximum absolute atomic E-state index is 14.6. The standard InChI is InChI=1S/C41H63N5O8S/c1-9-16-35(48)54-25-46(40(51)36(27(5)10-2)44-38(50)32-19-14-15-20-45(32)7)33(26(3)4)23-34(47)39-43-31(24-55-39)37(49)42-30(21-28(6)41(52)53-8)22-29-17-12-11-13-18-29/h11-13,17-18,24,26-28,30,32-34,36,47H,9-10,14-16,19-23,25H2,1-8H3,(H,42,49)(H,44,50)/t27?,28-,30+,32+,33+,34+,36-/m0/s1. The monoisotopic (exact) mass is 785 g/mol. The van der Waals surface area contributed by atoms with E-state index in [2.05, 4.69) is 15.6 Å². The Hall–Kier alpha value is -3.88. The van der Waals surface area contributed by atoms with Crippen molar-refractivity contribution >= 4 is 41.0 Å². The number of carbonyl (C=O) groups excluding carboxylic acids is 5. The number of aromatic nitrogens is 1. The number of likely N-dealkylation sites (N-methyl/N-ethyl adjacent to an activating group) is 1. The van der Waals surface area contributed by atoms with Gasteiger partial charge in [0.25, 0.3) is 5.91 Å². The first kappa shape index (κ1) is 45.5. The largest absolute Gasteiger partial charge is 0.469 e. The van der Waals surface area contributed by atoms with Crippen molar-refractivity contribution in [3.63, 3.8) is 0 Å². The molecule has 1 aromatic heterocycles. The lowest BCUT2D eigenvalue weighted by molar-refractivity contribution is -0.159. The maximum atomic E-state index is 14.6. The summed E-state index contributed by atoms with van der Waals surface area (Å²) >= 11 is 1.13. The average Bonchev–Trinajstić information content (AvgIpc) is 3.67. The summed E-state index contributed by atoms with van der Waals surface area (Å²) in [5.41, 5.74) is 1.12. The Kier molecular flexibility index (Phi) is 18.7. The van der Waals surface area contributed by atoms with Crippen LogP contribution < -0.4 is 10.6 Å². The van der Waals surface area contributed by atoms with E-state index >= 15 is 0 Å². The number of ether oxygens (including phenoxy) is 2. The van der Waals surface area contributed by atoms with Gasteiger partial charge in [-0.15, -0.1) is 11.3 Å². The van der Waals surface area contributed by atoms with Gasteiger partial charge in [0.05, 0.1) is 19.1 Å². The molecule has 2 heterocycles. The average molecular weight is 786 g/mol. The molecule has 14 heteroatoms. The molecule has 1 unspecified atom stereocenters. The van der Waals surface area contributed by atoms with E-state index < -0.39 is 42.0 Å². The minimum atomic E-state index is -1.16. The van der Waals surface area contributed by atoms with Crippen molar-refractivity contribution in [1.29, 1.82) is 0 Å². The zero-order chi connectivity index (χ0) is 40.7. The SMILES string of the molecule is CCCC(=O)OCN(C(=O)[C@@H](NC(=O)[C@H]1CCCCN1C)C(C)CC)[C@H](C[C@@H](O)c1nc(C(=O)N[C@@H](Cc2ccccc2)C[C@H](C)C(=O)OC)cs1)C(C)C. The van der Waals surface area contributed by atoms with Crippen LogP contribution in [0.3, 0.4) is 0 Å². The summed E-state index contributed by atoms with van der Waals surface area (Å²) in [5, 5.41) is 19.5. The van der Waals surface area contributed by atoms with Crippen molar-refractivity contribution in [2.24, 2.45) is 17.8 Å². The summed E-state index contributed by atoms with van der Waals surface area (Å²) in [7, 11) is 3.25. The fourth-order valence-corrected chi connectivity index (χ4v) is 7.76. The van der Waals surface area contributed by atoms with Crippen LogP contribution >= 0.6 is 11.3 Å². The fourth-order valence-electron chi connectivity index (χ4n) is 6.97. The lowest BCUT2D eigenvalue weighted by atomic mass is 9.92. The molecule has 1 aromatic carbocycles. The molecular formula is C41H63N5O8S. The van der Waals surface area contributed by atoms with Gasteiger partial charge >= 0.3 is 11.9 Å². The highest BCUT2D eigenvalue weighted by molar-refractivity contribution is 7.09. The normalized spacial score (nSPS) is 18.0. The number of rotatable bonds is 21. The van der Waals surface area contributed by atoms with Gasteiger partial charge in [-0.3, -0.25) is 28.9 Å². The van der Waals surface area contributed by atoms with E-state index in [-0.39, 0.29) is 60.9 Å². The molecule has 0 aliphatic carbocycles. The molecule has 3 N–H and O–H groups in total. The van der Waals surface area contributed by atoms with Gasteiger partial charge in [-0.2, -0.15) is 0 Å². The number of nitrogens with zero attached hydrogens (tertiary/aromatic N) is 3. The summed E-state index contributed by atoms with van der Waals surface area (Å²) in [6.07, 6.45) is 3.77. The highest BCUT2D eigenvalue weighted by atomic mass is 32.1. The minimum absolute atomic E-state index is 0.0448. The predicted molar refractivity (Wildman–Crippen MR) is 212 cm³/mol. The van der Waals surface area contributed by atoms with Gasteiger partial charge in [-0.05, 0) is 63.1 Å². The number of piperidine rings is 1. The Morgan fingerprint density at radius 3 is 2.36 bits per heavy atom. The minimum Gasteiger partial charge on any atom is -0.469 e. The maximum Gasteiger partial charge on any atom is 0.308 e. The van der Waals surface area contributed by atoms with Gasteiger partial charge in [0.1, 0.15) is 22.8 Å². The Balaban J connectivity index is 1.84. The number of carbonyl (C=O) groups is 5. The molecule has 1 aliphatic heterocycles. The topological polar surface area (TPSA) is 167 Å². The van der Waals surface area contributed by atoms with Crippen LogP contribution in [0.5, 0.6) is 0 Å². The van der Waals surface area contributed by atoms with Gasteiger partial charge in [0.2, 0.25) is 11.8 Å². The van der Waals surface area contributed by atoms with E-state index in [0.29, 0.717) is 37.1 Å². The fraction of sp³-hybridized carbons (Fsp3) is 0.659. The van der Waals surface area contributed by atoms with Gasteiger partial charge in [-0.25, -0.2) is 4.98 Å². The van der Waals surface area contributed by atoms with Gasteiger partial charge in [-0.1, -0.05) is 84.7 Å². The van der Waals surface area contributed by atoms with E-state index in [9.17, 15) is 29.1 Å². The van der Waals surface area contributed by atoms with E-state index in [1.807, 2.05) is 76.9 Å². The van der Waals surface area contributed by atoms with Crippen molar-refractivity contribution in [3.05, 3.63) is 52.0 Å². The van der Waals surface area contributed by atoms with Crippen LogP contribution in [0.1, 0.15) is 120 Å². The molecule has 3 amide bonds. The molecule has 2 aromatic rings. The summed E-state index contributed by atoms with van der Waals surface area (Å²) in [6, 6.07) is 7.42. The van der Waals surface area contributed by atoms with E-state index in [0.717, 1.165) is 36.3 Å². The van der Waals surface area contributed by atoms with Crippen LogP contribution in [0, 0.1) is 17.8 Å². The van der Waals surface area contributed by atoms with Crippen molar-refractivity contribution in [1.82, 2.24) is 25.4 Å². The first-order chi connectivity index (χ1) is 26.2. The number of amides is 3. The third-order valence-electron chi connectivity index (χ3n) is 10.5. The number of hydrogen-bond donors (Lipinski definition) is 3. The van der Waals surface area contributed by atoms with Gasteiger partial charge < -0.3 is 30.1 Å². The highest BCUT2D eigenvalue weighted by Crippen LogP contribution is 2.29. The number of benzene rings is 1. The summed E-state index contributed by atoms with van der Waals surface area (Å²) in [6.45, 7) is 11.8. The molecule has 0 spiro atoms. The molecular weight excluding hydrogens is 723 g/mol. The predicted octanol–water partition coefficient (Wildman–Crippen LogP) is 5.28. The third kappa shape index (κ3) is 13.7. The smallest absolute Gasteiger partial charge is 0.308 e. The Bertz CT molecular complexity index is 1540. The van der Waals surface area contributed by atoms with Crippen molar-refractivity contribution in [3.8, 4) is 0 Å². The number of aliphatic hydroxyl groups excluding tert-OH is 1. The number of aliphatic hydroxyl groups is 1. The number of methoxy groups -OCH3 is 1. The number of nitrogens with one attached hydrogen (secondary N) is 2. The lowest BCUT2D eigenvalue weighted by Crippen LogP contribution is -2.59.